The minimum atomic E-state index is -4.59. The Morgan fingerprint density at radius 1 is 1.15 bits per heavy atom. The number of halogens is 3. The summed E-state index contributed by atoms with van der Waals surface area (Å²) in [6, 6.07) is 4.24. The number of hydrogen-bond acceptors (Lipinski definition) is 5. The second-order valence-corrected chi connectivity index (χ2v) is 10.7. The van der Waals surface area contributed by atoms with Crippen molar-refractivity contribution in [1.82, 2.24) is 4.90 Å². The fourth-order valence-electron chi connectivity index (χ4n) is 3.67. The maximum absolute atomic E-state index is 13.2. The molecule has 1 N–H and O–H groups in total. The average Bonchev–Trinajstić information content (AvgIpc) is 2.79. The molecule has 1 aliphatic rings. The Morgan fingerprint density at radius 3 is 2.26 bits per heavy atom. The smallest absolute Gasteiger partial charge is 0.416 e. The maximum Gasteiger partial charge on any atom is 0.416 e. The summed E-state index contributed by atoms with van der Waals surface area (Å²) < 4.78 is 71.7. The molecule has 2 rings (SSSR count). The molecule has 34 heavy (non-hydrogen) atoms. The Morgan fingerprint density at radius 2 is 1.76 bits per heavy atom. The number of nitrogens with zero attached hydrogens (tertiary/aromatic N) is 1. The number of carbonyl (C=O) groups is 1. The molecule has 0 spiro atoms. The van der Waals surface area contributed by atoms with Gasteiger partial charge < -0.3 is 14.7 Å². The summed E-state index contributed by atoms with van der Waals surface area (Å²) in [6.45, 7) is 6.50. The number of sulfone groups is 1. The van der Waals surface area contributed by atoms with Crippen molar-refractivity contribution < 1.29 is 36.2 Å². The van der Waals surface area contributed by atoms with E-state index in [0.717, 1.165) is 37.8 Å². The van der Waals surface area contributed by atoms with Gasteiger partial charge in [-0.1, -0.05) is 39.7 Å². The standard InChI is InChI=1S/C24H32F3NO5S/c1-4-7-12-28(13-8-5-2)20-14-17(23(29)30)15-21(34(31,32)6-3)22(20)33-19-11-9-10-18(16-19)24(25,26)27/h9-11,14,16,21H,4-8,12-13,15H2,1-3H3,(H,29,30). The SMILES string of the molecule is CCCCN(CCCC)C1=C(Oc2cccc(C(F)(F)F)c2)C(S(=O)(=O)CC)CC(C(=O)O)=C1. The van der Waals surface area contributed by atoms with Gasteiger partial charge in [-0.15, -0.1) is 0 Å². The van der Waals surface area contributed by atoms with Crippen LogP contribution in [0.3, 0.4) is 0 Å². The zero-order valence-corrected chi connectivity index (χ0v) is 20.5. The Kier molecular flexibility index (Phi) is 9.61. The molecule has 190 valence electrons. The van der Waals surface area contributed by atoms with E-state index in [4.69, 9.17) is 4.74 Å². The van der Waals surface area contributed by atoms with Gasteiger partial charge in [0.1, 0.15) is 16.8 Å². The quantitative estimate of drug-likeness (QED) is 0.410. The molecule has 0 bridgehead atoms. The Bertz CT molecular complexity index is 1020. The van der Waals surface area contributed by atoms with Crippen molar-refractivity contribution in [1.29, 1.82) is 0 Å². The lowest BCUT2D eigenvalue weighted by Gasteiger charge is -2.33. The van der Waals surface area contributed by atoms with Gasteiger partial charge in [0.05, 0.1) is 11.3 Å². The van der Waals surface area contributed by atoms with Crippen LogP contribution in [0.5, 0.6) is 5.75 Å². The summed E-state index contributed by atoms with van der Waals surface area (Å²) in [4.78, 5) is 13.7. The summed E-state index contributed by atoms with van der Waals surface area (Å²) >= 11 is 0. The van der Waals surface area contributed by atoms with Crippen molar-refractivity contribution in [3.05, 3.63) is 52.9 Å². The van der Waals surface area contributed by atoms with Gasteiger partial charge in [0.25, 0.3) is 0 Å². The first-order chi connectivity index (χ1) is 15.9. The molecule has 0 heterocycles. The van der Waals surface area contributed by atoms with Crippen LogP contribution in [0.2, 0.25) is 0 Å². The second kappa shape index (κ2) is 11.8. The lowest BCUT2D eigenvalue weighted by atomic mass is 9.99. The number of rotatable bonds is 12. The third-order valence-corrected chi connectivity index (χ3v) is 7.72. The summed E-state index contributed by atoms with van der Waals surface area (Å²) in [7, 11) is -3.84. The first-order valence-electron chi connectivity index (χ1n) is 11.4. The highest BCUT2D eigenvalue weighted by atomic mass is 32.2. The number of alkyl halides is 3. The van der Waals surface area contributed by atoms with Crippen molar-refractivity contribution in [3.8, 4) is 5.75 Å². The normalized spacial score (nSPS) is 16.9. The number of aliphatic carboxylic acids is 1. The number of carboxylic acids is 1. The second-order valence-electron chi connectivity index (χ2n) is 8.19. The number of benzene rings is 1. The first kappa shape index (κ1) is 27.8. The molecule has 1 aromatic rings. The van der Waals surface area contributed by atoms with E-state index in [1.165, 1.54) is 25.1 Å². The third kappa shape index (κ3) is 7.01. The molecule has 1 unspecified atom stereocenters. The Balaban J connectivity index is 2.72. The molecule has 0 radical (unpaired) electrons. The van der Waals surface area contributed by atoms with E-state index < -0.39 is 32.8 Å². The molecule has 0 saturated carbocycles. The number of hydrogen-bond donors (Lipinski definition) is 1. The van der Waals surface area contributed by atoms with Crippen LogP contribution >= 0.6 is 0 Å². The number of allylic oxidation sites excluding steroid dienone is 1. The van der Waals surface area contributed by atoms with E-state index in [2.05, 4.69) is 0 Å². The molecule has 1 aromatic carbocycles. The van der Waals surface area contributed by atoms with Crippen molar-refractivity contribution in [2.24, 2.45) is 0 Å². The summed E-state index contributed by atoms with van der Waals surface area (Å²) in [6.07, 6.45) is -0.269. The van der Waals surface area contributed by atoms with Crippen LogP contribution < -0.4 is 4.74 Å². The predicted octanol–water partition coefficient (Wildman–Crippen LogP) is 5.42. The van der Waals surface area contributed by atoms with Crippen LogP contribution in [0.1, 0.15) is 58.4 Å². The molecule has 10 heteroatoms. The van der Waals surface area contributed by atoms with Gasteiger partial charge in [-0.2, -0.15) is 13.2 Å². The Labute approximate surface area is 199 Å². The fraction of sp³-hybridized carbons (Fsp3) is 0.542. The van der Waals surface area contributed by atoms with Crippen LogP contribution in [0, 0.1) is 0 Å². The maximum atomic E-state index is 13.2. The van der Waals surface area contributed by atoms with Crippen molar-refractivity contribution in [2.75, 3.05) is 18.8 Å². The predicted molar refractivity (Wildman–Crippen MR) is 124 cm³/mol. The number of unbranched alkanes of at least 4 members (excludes halogenated alkanes) is 2. The van der Waals surface area contributed by atoms with Gasteiger partial charge in [-0.25, -0.2) is 13.2 Å². The van der Waals surface area contributed by atoms with Gasteiger partial charge in [0.2, 0.25) is 0 Å². The topological polar surface area (TPSA) is 83.9 Å². The molecule has 1 atom stereocenters. The summed E-state index contributed by atoms with van der Waals surface area (Å²) in [5.41, 5.74) is -0.704. The van der Waals surface area contributed by atoms with E-state index in [1.807, 2.05) is 18.7 Å². The molecule has 6 nitrogen and oxygen atoms in total. The van der Waals surface area contributed by atoms with Crippen molar-refractivity contribution in [2.45, 2.75) is 64.3 Å². The fourth-order valence-corrected chi connectivity index (χ4v) is 5.00. The summed E-state index contributed by atoms with van der Waals surface area (Å²) in [5, 5.41) is 8.36. The average molecular weight is 504 g/mol. The molecule has 0 aromatic heterocycles. The van der Waals surface area contributed by atoms with Crippen LogP contribution in [0.15, 0.2) is 47.4 Å². The third-order valence-electron chi connectivity index (χ3n) is 5.66. The van der Waals surface area contributed by atoms with E-state index >= 15 is 0 Å². The zero-order valence-electron chi connectivity index (χ0n) is 19.7. The summed E-state index contributed by atoms with van der Waals surface area (Å²) in [5.74, 6) is -1.69. The zero-order chi connectivity index (χ0) is 25.5. The largest absolute Gasteiger partial charge is 0.478 e. The molecule has 0 amide bonds. The monoisotopic (exact) mass is 503 g/mol. The lowest BCUT2D eigenvalue weighted by molar-refractivity contribution is -0.137. The minimum Gasteiger partial charge on any atom is -0.478 e. The number of ether oxygens (including phenoxy) is 1. The molecular formula is C24H32F3NO5S. The van der Waals surface area contributed by atoms with Gasteiger partial charge in [-0.05, 0) is 37.1 Å². The van der Waals surface area contributed by atoms with E-state index in [-0.39, 0.29) is 29.3 Å². The minimum absolute atomic E-state index is 0.0293. The Hall–Kier alpha value is -2.49. The van der Waals surface area contributed by atoms with E-state index in [1.54, 1.807) is 0 Å². The van der Waals surface area contributed by atoms with Crippen LogP contribution in [-0.4, -0.2) is 48.5 Å². The molecule has 0 aliphatic heterocycles. The molecule has 1 aliphatic carbocycles. The molecule has 0 fully saturated rings. The van der Waals surface area contributed by atoms with Crippen molar-refractivity contribution >= 4 is 15.8 Å². The first-order valence-corrected chi connectivity index (χ1v) is 13.2. The van der Waals surface area contributed by atoms with E-state index in [0.29, 0.717) is 18.8 Å². The van der Waals surface area contributed by atoms with Gasteiger partial charge in [0.15, 0.2) is 9.84 Å². The van der Waals surface area contributed by atoms with Gasteiger partial charge >= 0.3 is 12.1 Å². The van der Waals surface area contributed by atoms with Gasteiger partial charge in [0, 0.05) is 30.8 Å². The highest BCUT2D eigenvalue weighted by Gasteiger charge is 2.39. The van der Waals surface area contributed by atoms with Crippen LogP contribution in [-0.2, 0) is 20.8 Å². The lowest BCUT2D eigenvalue weighted by Crippen LogP contribution is -2.37. The number of carboxylic acid groups (broad SMARTS) is 1. The van der Waals surface area contributed by atoms with Crippen molar-refractivity contribution in [3.63, 3.8) is 0 Å². The van der Waals surface area contributed by atoms with Crippen LogP contribution in [0.25, 0.3) is 0 Å². The molecule has 0 saturated heterocycles. The highest BCUT2D eigenvalue weighted by molar-refractivity contribution is 7.92. The highest BCUT2D eigenvalue weighted by Crippen LogP contribution is 2.36. The van der Waals surface area contributed by atoms with E-state index in [9.17, 15) is 31.5 Å². The van der Waals surface area contributed by atoms with Crippen LogP contribution in [0.4, 0.5) is 13.2 Å². The van der Waals surface area contributed by atoms with Gasteiger partial charge in [-0.3, -0.25) is 0 Å². The molecular weight excluding hydrogens is 471 g/mol.